The van der Waals surface area contributed by atoms with Crippen molar-refractivity contribution in [2.75, 3.05) is 7.11 Å². The summed E-state index contributed by atoms with van der Waals surface area (Å²) < 4.78 is 10.2. The van der Waals surface area contributed by atoms with E-state index in [1.807, 2.05) is 6.92 Å². The van der Waals surface area contributed by atoms with Crippen LogP contribution in [-0.2, 0) is 4.74 Å². The Balaban J connectivity index is 2.35. The molecule has 18 heavy (non-hydrogen) atoms. The predicted octanol–water partition coefficient (Wildman–Crippen LogP) is 1.26. The van der Waals surface area contributed by atoms with Crippen molar-refractivity contribution in [2.45, 2.75) is 19.4 Å². The Kier molecular flexibility index (Phi) is 3.38. The van der Waals surface area contributed by atoms with E-state index in [1.54, 1.807) is 7.11 Å². The molecule has 96 valence electrons. The number of methoxy groups -OCH3 is 1. The van der Waals surface area contributed by atoms with Crippen molar-refractivity contribution in [1.29, 1.82) is 0 Å². The van der Waals surface area contributed by atoms with Gasteiger partial charge in [0.15, 0.2) is 5.69 Å². The fourth-order valence-electron chi connectivity index (χ4n) is 1.54. The standard InChI is InChI=1S/C10H12N4O4/c1-3-5(17-2)8-13-9(18-14-8)6-7(10(15)16)12-4-11-6/h4-5H,3H2,1-2H3,(H,11,12)(H,15,16). The second kappa shape index (κ2) is 4.96. The SMILES string of the molecule is CCC(OC)c1noc(-c2[nH]cnc2C(=O)O)n1. The van der Waals surface area contributed by atoms with Gasteiger partial charge in [-0.15, -0.1) is 0 Å². The Hall–Kier alpha value is -2.22. The summed E-state index contributed by atoms with van der Waals surface area (Å²) in [5.41, 5.74) is 0.0304. The zero-order valence-electron chi connectivity index (χ0n) is 9.88. The third-order valence-electron chi connectivity index (χ3n) is 2.44. The monoisotopic (exact) mass is 252 g/mol. The van der Waals surface area contributed by atoms with Crippen molar-refractivity contribution < 1.29 is 19.2 Å². The summed E-state index contributed by atoms with van der Waals surface area (Å²) in [5.74, 6) is -0.707. The summed E-state index contributed by atoms with van der Waals surface area (Å²) in [4.78, 5) is 21.3. The average molecular weight is 252 g/mol. The highest BCUT2D eigenvalue weighted by Crippen LogP contribution is 2.22. The summed E-state index contributed by atoms with van der Waals surface area (Å²) in [6.45, 7) is 1.92. The first-order valence-electron chi connectivity index (χ1n) is 5.30. The number of hydrogen-bond donors (Lipinski definition) is 2. The first-order valence-corrected chi connectivity index (χ1v) is 5.30. The van der Waals surface area contributed by atoms with Crippen LogP contribution in [0.5, 0.6) is 0 Å². The van der Waals surface area contributed by atoms with E-state index in [9.17, 15) is 4.79 Å². The zero-order valence-corrected chi connectivity index (χ0v) is 9.88. The molecule has 0 aliphatic heterocycles. The van der Waals surface area contributed by atoms with Crippen LogP contribution in [0.2, 0.25) is 0 Å². The summed E-state index contributed by atoms with van der Waals surface area (Å²) in [5, 5.41) is 12.7. The van der Waals surface area contributed by atoms with Crippen LogP contribution in [0.4, 0.5) is 0 Å². The van der Waals surface area contributed by atoms with E-state index in [0.717, 1.165) is 0 Å². The van der Waals surface area contributed by atoms with Gasteiger partial charge in [0.1, 0.15) is 11.8 Å². The topological polar surface area (TPSA) is 114 Å². The molecule has 2 aromatic rings. The number of aromatic nitrogens is 4. The largest absolute Gasteiger partial charge is 0.476 e. The molecule has 2 aromatic heterocycles. The molecular weight excluding hydrogens is 240 g/mol. The van der Waals surface area contributed by atoms with Gasteiger partial charge in [-0.1, -0.05) is 12.1 Å². The van der Waals surface area contributed by atoms with Crippen molar-refractivity contribution in [1.82, 2.24) is 20.1 Å². The Morgan fingerprint density at radius 2 is 2.44 bits per heavy atom. The van der Waals surface area contributed by atoms with Gasteiger partial charge in [0.25, 0.3) is 5.89 Å². The van der Waals surface area contributed by atoms with Gasteiger partial charge < -0.3 is 19.4 Å². The first-order chi connectivity index (χ1) is 8.67. The summed E-state index contributed by atoms with van der Waals surface area (Å²) in [6, 6.07) is 0. The van der Waals surface area contributed by atoms with Crippen molar-refractivity contribution in [3.8, 4) is 11.6 Å². The molecule has 0 radical (unpaired) electrons. The van der Waals surface area contributed by atoms with Gasteiger partial charge in [0.05, 0.1) is 6.33 Å². The number of aromatic amines is 1. The van der Waals surface area contributed by atoms with Gasteiger partial charge in [-0.2, -0.15) is 4.98 Å². The summed E-state index contributed by atoms with van der Waals surface area (Å²) in [6.07, 6.45) is 1.67. The van der Waals surface area contributed by atoms with Gasteiger partial charge in [0.2, 0.25) is 5.82 Å². The smallest absolute Gasteiger partial charge is 0.356 e. The number of rotatable bonds is 5. The molecule has 0 aromatic carbocycles. The minimum Gasteiger partial charge on any atom is -0.476 e. The lowest BCUT2D eigenvalue weighted by molar-refractivity contribution is 0.0691. The van der Waals surface area contributed by atoms with Crippen LogP contribution >= 0.6 is 0 Å². The molecule has 1 atom stereocenters. The minimum absolute atomic E-state index is 0.0791. The quantitative estimate of drug-likeness (QED) is 0.822. The molecule has 0 aliphatic carbocycles. The number of ether oxygens (including phenoxy) is 1. The van der Waals surface area contributed by atoms with Crippen LogP contribution in [0.1, 0.15) is 35.8 Å². The Bertz CT molecular complexity index is 544. The van der Waals surface area contributed by atoms with E-state index in [-0.39, 0.29) is 23.4 Å². The number of nitrogens with zero attached hydrogens (tertiary/aromatic N) is 3. The number of imidazole rings is 1. The fraction of sp³-hybridized carbons (Fsp3) is 0.400. The van der Waals surface area contributed by atoms with Gasteiger partial charge >= 0.3 is 5.97 Å². The predicted molar refractivity (Wildman–Crippen MR) is 58.9 cm³/mol. The molecule has 0 saturated carbocycles. The molecule has 1 unspecified atom stereocenters. The van der Waals surface area contributed by atoms with E-state index >= 15 is 0 Å². The highest BCUT2D eigenvalue weighted by atomic mass is 16.5. The van der Waals surface area contributed by atoms with E-state index in [0.29, 0.717) is 12.2 Å². The average Bonchev–Trinajstić information content (AvgIpc) is 2.98. The normalized spacial score (nSPS) is 12.6. The Morgan fingerprint density at radius 3 is 3.06 bits per heavy atom. The summed E-state index contributed by atoms with van der Waals surface area (Å²) >= 11 is 0. The molecule has 0 amide bonds. The van der Waals surface area contributed by atoms with E-state index in [2.05, 4.69) is 20.1 Å². The van der Waals surface area contributed by atoms with Crippen molar-refractivity contribution in [3.05, 3.63) is 17.8 Å². The van der Waals surface area contributed by atoms with Gasteiger partial charge in [-0.05, 0) is 6.42 Å². The number of carbonyl (C=O) groups is 1. The molecule has 2 N–H and O–H groups in total. The van der Waals surface area contributed by atoms with Crippen LogP contribution in [0.25, 0.3) is 11.6 Å². The molecule has 2 heterocycles. The molecule has 8 heteroatoms. The number of nitrogens with one attached hydrogen (secondary N) is 1. The van der Waals surface area contributed by atoms with Gasteiger partial charge in [-0.3, -0.25) is 0 Å². The highest BCUT2D eigenvalue weighted by molar-refractivity contribution is 5.91. The Labute approximate surface area is 102 Å². The number of H-pyrrole nitrogens is 1. The van der Waals surface area contributed by atoms with E-state index in [4.69, 9.17) is 14.4 Å². The number of hydrogen-bond acceptors (Lipinski definition) is 6. The fourth-order valence-corrected chi connectivity index (χ4v) is 1.54. The Morgan fingerprint density at radius 1 is 1.67 bits per heavy atom. The van der Waals surface area contributed by atoms with Crippen molar-refractivity contribution in [3.63, 3.8) is 0 Å². The minimum atomic E-state index is -1.16. The molecule has 0 aliphatic rings. The molecular formula is C10H12N4O4. The van der Waals surface area contributed by atoms with Gasteiger partial charge in [-0.25, -0.2) is 9.78 Å². The lowest BCUT2D eigenvalue weighted by Crippen LogP contribution is -2.02. The van der Waals surface area contributed by atoms with Crippen LogP contribution in [0.15, 0.2) is 10.9 Å². The molecule has 2 rings (SSSR count). The van der Waals surface area contributed by atoms with Gasteiger partial charge in [0, 0.05) is 7.11 Å². The molecule has 0 spiro atoms. The maximum atomic E-state index is 10.9. The molecule has 0 bridgehead atoms. The number of carboxylic acids is 1. The maximum Gasteiger partial charge on any atom is 0.356 e. The third kappa shape index (κ3) is 2.09. The number of aromatic carboxylic acids is 1. The van der Waals surface area contributed by atoms with Crippen LogP contribution in [-0.4, -0.2) is 38.3 Å². The van der Waals surface area contributed by atoms with Crippen LogP contribution < -0.4 is 0 Å². The zero-order chi connectivity index (χ0) is 13.1. The van der Waals surface area contributed by atoms with Crippen LogP contribution in [0.3, 0.4) is 0 Å². The van der Waals surface area contributed by atoms with Crippen molar-refractivity contribution >= 4 is 5.97 Å². The molecule has 8 nitrogen and oxygen atoms in total. The van der Waals surface area contributed by atoms with E-state index < -0.39 is 5.97 Å². The van der Waals surface area contributed by atoms with E-state index in [1.165, 1.54) is 6.33 Å². The third-order valence-corrected chi connectivity index (χ3v) is 2.44. The molecule has 0 fully saturated rings. The number of carboxylic acid groups (broad SMARTS) is 1. The van der Waals surface area contributed by atoms with Crippen molar-refractivity contribution in [2.24, 2.45) is 0 Å². The maximum absolute atomic E-state index is 10.9. The molecule has 0 saturated heterocycles. The second-order valence-corrected chi connectivity index (χ2v) is 3.52. The summed E-state index contributed by atoms with van der Waals surface area (Å²) in [7, 11) is 1.54. The first kappa shape index (κ1) is 12.2. The highest BCUT2D eigenvalue weighted by Gasteiger charge is 2.22. The lowest BCUT2D eigenvalue weighted by Gasteiger charge is -2.05. The second-order valence-electron chi connectivity index (χ2n) is 3.52. The van der Waals surface area contributed by atoms with Crippen LogP contribution in [0, 0.1) is 0 Å². The lowest BCUT2D eigenvalue weighted by atomic mass is 10.2.